The normalized spacial score (nSPS) is 10.0. The second-order valence-electron chi connectivity index (χ2n) is 3.59. The van der Waals surface area contributed by atoms with Crippen molar-refractivity contribution in [2.45, 2.75) is 32.6 Å². The molecule has 0 heterocycles. The van der Waals surface area contributed by atoms with Gasteiger partial charge in [0.15, 0.2) is 0 Å². The standard InChI is InChI=1S/C12H18N2O/c1-2-10-6-8-11(9-7-10)4-3-5-12(15)14-13/h6-9H,2-5,13H2,1H3,(H,14,15). The van der Waals surface area contributed by atoms with Gasteiger partial charge in [-0.3, -0.25) is 10.2 Å². The van der Waals surface area contributed by atoms with E-state index >= 15 is 0 Å². The summed E-state index contributed by atoms with van der Waals surface area (Å²) in [6.45, 7) is 2.14. The van der Waals surface area contributed by atoms with Gasteiger partial charge in [0.05, 0.1) is 0 Å². The average Bonchev–Trinajstić information content (AvgIpc) is 2.29. The predicted octanol–water partition coefficient (Wildman–Crippen LogP) is 1.56. The lowest BCUT2D eigenvalue weighted by molar-refractivity contribution is -0.121. The van der Waals surface area contributed by atoms with Crippen molar-refractivity contribution in [3.8, 4) is 0 Å². The van der Waals surface area contributed by atoms with Crippen molar-refractivity contribution < 1.29 is 4.79 Å². The minimum absolute atomic E-state index is 0.0971. The second kappa shape index (κ2) is 6.19. The number of hydrogen-bond acceptors (Lipinski definition) is 2. The highest BCUT2D eigenvalue weighted by Crippen LogP contribution is 2.08. The minimum atomic E-state index is -0.0971. The molecule has 0 aromatic heterocycles. The van der Waals surface area contributed by atoms with E-state index in [-0.39, 0.29) is 5.91 Å². The number of carbonyl (C=O) groups excluding carboxylic acids is 1. The zero-order valence-electron chi connectivity index (χ0n) is 9.12. The molecule has 0 saturated carbocycles. The van der Waals surface area contributed by atoms with Crippen molar-refractivity contribution in [3.63, 3.8) is 0 Å². The molecule has 0 radical (unpaired) electrons. The average molecular weight is 206 g/mol. The van der Waals surface area contributed by atoms with Crippen LogP contribution in [0.15, 0.2) is 24.3 Å². The maximum atomic E-state index is 10.9. The quantitative estimate of drug-likeness (QED) is 0.436. The van der Waals surface area contributed by atoms with E-state index < -0.39 is 0 Å². The number of nitrogens with two attached hydrogens (primary N) is 1. The van der Waals surface area contributed by atoms with E-state index in [1.54, 1.807) is 0 Å². The summed E-state index contributed by atoms with van der Waals surface area (Å²) in [5.41, 5.74) is 4.75. The maximum Gasteiger partial charge on any atom is 0.233 e. The molecule has 0 bridgehead atoms. The molecular formula is C12H18N2O. The van der Waals surface area contributed by atoms with E-state index in [0.29, 0.717) is 6.42 Å². The molecular weight excluding hydrogens is 188 g/mol. The Morgan fingerprint density at radius 3 is 2.40 bits per heavy atom. The molecule has 82 valence electrons. The van der Waals surface area contributed by atoms with Crippen molar-refractivity contribution >= 4 is 5.91 Å². The summed E-state index contributed by atoms with van der Waals surface area (Å²) >= 11 is 0. The van der Waals surface area contributed by atoms with E-state index in [0.717, 1.165) is 19.3 Å². The van der Waals surface area contributed by atoms with E-state index in [9.17, 15) is 4.79 Å². The van der Waals surface area contributed by atoms with Gasteiger partial charge in [0, 0.05) is 6.42 Å². The summed E-state index contributed by atoms with van der Waals surface area (Å²) in [7, 11) is 0. The van der Waals surface area contributed by atoms with Crippen LogP contribution in [0.1, 0.15) is 30.9 Å². The molecule has 0 aliphatic carbocycles. The molecule has 0 fully saturated rings. The molecule has 3 nitrogen and oxygen atoms in total. The smallest absolute Gasteiger partial charge is 0.233 e. The van der Waals surface area contributed by atoms with Crippen molar-refractivity contribution in [2.75, 3.05) is 0 Å². The summed E-state index contributed by atoms with van der Waals surface area (Å²) in [4.78, 5) is 10.9. The van der Waals surface area contributed by atoms with Gasteiger partial charge in [-0.2, -0.15) is 0 Å². The maximum absolute atomic E-state index is 10.9. The van der Waals surface area contributed by atoms with Crippen LogP contribution in [-0.4, -0.2) is 5.91 Å². The van der Waals surface area contributed by atoms with Crippen molar-refractivity contribution in [2.24, 2.45) is 5.84 Å². The van der Waals surface area contributed by atoms with Gasteiger partial charge in [-0.1, -0.05) is 31.2 Å². The number of carbonyl (C=O) groups is 1. The Morgan fingerprint density at radius 2 is 1.87 bits per heavy atom. The van der Waals surface area contributed by atoms with Gasteiger partial charge in [0.1, 0.15) is 0 Å². The first-order valence-corrected chi connectivity index (χ1v) is 5.33. The Hall–Kier alpha value is -1.35. The van der Waals surface area contributed by atoms with Gasteiger partial charge in [0.2, 0.25) is 5.91 Å². The largest absolute Gasteiger partial charge is 0.294 e. The molecule has 1 aromatic rings. The SMILES string of the molecule is CCc1ccc(CCCC(=O)NN)cc1. The zero-order chi connectivity index (χ0) is 11.1. The number of benzene rings is 1. The third-order valence-electron chi connectivity index (χ3n) is 2.46. The molecule has 0 spiro atoms. The van der Waals surface area contributed by atoms with Crippen LogP contribution in [0.4, 0.5) is 0 Å². The van der Waals surface area contributed by atoms with Gasteiger partial charge >= 0.3 is 0 Å². The second-order valence-corrected chi connectivity index (χ2v) is 3.59. The number of rotatable bonds is 5. The van der Waals surface area contributed by atoms with E-state index in [1.807, 2.05) is 0 Å². The zero-order valence-corrected chi connectivity index (χ0v) is 9.12. The third-order valence-corrected chi connectivity index (χ3v) is 2.46. The summed E-state index contributed by atoms with van der Waals surface area (Å²) < 4.78 is 0. The van der Waals surface area contributed by atoms with Crippen LogP contribution < -0.4 is 11.3 Å². The first kappa shape index (κ1) is 11.7. The first-order valence-electron chi connectivity index (χ1n) is 5.33. The number of nitrogens with one attached hydrogen (secondary N) is 1. The molecule has 3 heteroatoms. The highest BCUT2D eigenvalue weighted by Gasteiger charge is 1.99. The van der Waals surface area contributed by atoms with Crippen LogP contribution in [0.25, 0.3) is 0 Å². The molecule has 0 aliphatic rings. The van der Waals surface area contributed by atoms with Gasteiger partial charge < -0.3 is 0 Å². The highest BCUT2D eigenvalue weighted by molar-refractivity contribution is 5.75. The van der Waals surface area contributed by atoms with Crippen LogP contribution >= 0.6 is 0 Å². The molecule has 0 atom stereocenters. The Balaban J connectivity index is 2.34. The fourth-order valence-electron chi connectivity index (χ4n) is 1.47. The fraction of sp³-hybridized carbons (Fsp3) is 0.417. The molecule has 15 heavy (non-hydrogen) atoms. The summed E-state index contributed by atoms with van der Waals surface area (Å²) in [6, 6.07) is 8.52. The Bertz CT molecular complexity index is 306. The van der Waals surface area contributed by atoms with Crippen molar-refractivity contribution in [1.29, 1.82) is 0 Å². The number of amides is 1. The molecule has 1 aromatic carbocycles. The van der Waals surface area contributed by atoms with Gasteiger partial charge in [-0.05, 0) is 30.4 Å². The lowest BCUT2D eigenvalue weighted by Gasteiger charge is -2.02. The van der Waals surface area contributed by atoms with Crippen LogP contribution in [-0.2, 0) is 17.6 Å². The van der Waals surface area contributed by atoms with Gasteiger partial charge in [-0.15, -0.1) is 0 Å². The van der Waals surface area contributed by atoms with Gasteiger partial charge in [-0.25, -0.2) is 5.84 Å². The molecule has 1 rings (SSSR count). The van der Waals surface area contributed by atoms with Crippen LogP contribution in [0.3, 0.4) is 0 Å². The Kier molecular flexibility index (Phi) is 4.84. The fourth-order valence-corrected chi connectivity index (χ4v) is 1.47. The number of hydrogen-bond donors (Lipinski definition) is 2. The molecule has 0 aliphatic heterocycles. The van der Waals surface area contributed by atoms with Gasteiger partial charge in [0.25, 0.3) is 0 Å². The molecule has 0 saturated heterocycles. The van der Waals surface area contributed by atoms with E-state index in [4.69, 9.17) is 5.84 Å². The first-order chi connectivity index (χ1) is 7.26. The predicted molar refractivity (Wildman–Crippen MR) is 61.1 cm³/mol. The lowest BCUT2D eigenvalue weighted by atomic mass is 10.1. The van der Waals surface area contributed by atoms with Crippen molar-refractivity contribution in [3.05, 3.63) is 35.4 Å². The minimum Gasteiger partial charge on any atom is -0.294 e. The summed E-state index contributed by atoms with van der Waals surface area (Å²) in [5.74, 6) is 4.89. The Labute approximate surface area is 90.6 Å². The Morgan fingerprint density at radius 1 is 1.27 bits per heavy atom. The summed E-state index contributed by atoms with van der Waals surface area (Å²) in [5, 5.41) is 0. The number of hydrazine groups is 1. The van der Waals surface area contributed by atoms with Crippen LogP contribution in [0.5, 0.6) is 0 Å². The van der Waals surface area contributed by atoms with E-state index in [2.05, 4.69) is 36.6 Å². The highest BCUT2D eigenvalue weighted by atomic mass is 16.2. The molecule has 1 amide bonds. The number of aryl methyl sites for hydroxylation is 2. The molecule has 0 unspecified atom stereocenters. The topological polar surface area (TPSA) is 55.1 Å². The van der Waals surface area contributed by atoms with Crippen LogP contribution in [0, 0.1) is 0 Å². The third kappa shape index (κ3) is 4.13. The summed E-state index contributed by atoms with van der Waals surface area (Å²) in [6.07, 6.45) is 3.33. The monoisotopic (exact) mass is 206 g/mol. The van der Waals surface area contributed by atoms with Crippen LogP contribution in [0.2, 0.25) is 0 Å². The lowest BCUT2D eigenvalue weighted by Crippen LogP contribution is -2.29. The van der Waals surface area contributed by atoms with E-state index in [1.165, 1.54) is 11.1 Å². The molecule has 3 N–H and O–H groups in total. The van der Waals surface area contributed by atoms with Crippen molar-refractivity contribution in [1.82, 2.24) is 5.43 Å².